The monoisotopic (exact) mass is 298 g/mol. The SMILES string of the molecule is O=C(OCc1ccccc1)c1ccc2nncc(Cl)c2c1. The molecule has 0 amide bonds. The maximum absolute atomic E-state index is 12.1. The molecule has 0 aliphatic carbocycles. The summed E-state index contributed by atoms with van der Waals surface area (Å²) in [6.45, 7) is 0.236. The van der Waals surface area contributed by atoms with Gasteiger partial charge in [0.1, 0.15) is 6.61 Å². The first-order valence-corrected chi connectivity index (χ1v) is 6.74. The Morgan fingerprint density at radius 3 is 2.76 bits per heavy atom. The first kappa shape index (κ1) is 13.5. The molecule has 5 heteroatoms. The third-order valence-electron chi connectivity index (χ3n) is 3.04. The number of benzene rings is 2. The molecule has 0 fully saturated rings. The van der Waals surface area contributed by atoms with Gasteiger partial charge in [-0.2, -0.15) is 10.2 Å². The van der Waals surface area contributed by atoms with E-state index in [0.29, 0.717) is 21.5 Å². The fourth-order valence-corrected chi connectivity index (χ4v) is 2.15. The van der Waals surface area contributed by atoms with Crippen molar-refractivity contribution in [1.82, 2.24) is 10.2 Å². The maximum atomic E-state index is 12.1. The van der Waals surface area contributed by atoms with Crippen molar-refractivity contribution in [3.8, 4) is 0 Å². The number of hydrogen-bond acceptors (Lipinski definition) is 4. The summed E-state index contributed by atoms with van der Waals surface area (Å²) in [5.41, 5.74) is 2.02. The largest absolute Gasteiger partial charge is 0.457 e. The lowest BCUT2D eigenvalue weighted by Gasteiger charge is -2.06. The van der Waals surface area contributed by atoms with Crippen LogP contribution in [0.2, 0.25) is 5.02 Å². The van der Waals surface area contributed by atoms with E-state index in [0.717, 1.165) is 5.56 Å². The molecule has 0 aliphatic heterocycles. The van der Waals surface area contributed by atoms with Gasteiger partial charge in [-0.05, 0) is 23.8 Å². The zero-order valence-electron chi connectivity index (χ0n) is 11.0. The summed E-state index contributed by atoms with van der Waals surface area (Å²) >= 11 is 6.05. The van der Waals surface area contributed by atoms with E-state index in [1.165, 1.54) is 6.20 Å². The van der Waals surface area contributed by atoms with E-state index in [1.54, 1.807) is 18.2 Å². The number of fused-ring (bicyclic) bond motifs is 1. The summed E-state index contributed by atoms with van der Waals surface area (Å²) in [6, 6.07) is 14.5. The Labute approximate surface area is 126 Å². The summed E-state index contributed by atoms with van der Waals surface area (Å²) in [5.74, 6) is -0.395. The van der Waals surface area contributed by atoms with Crippen LogP contribution in [-0.2, 0) is 11.3 Å². The fraction of sp³-hybridized carbons (Fsp3) is 0.0625. The molecule has 1 aromatic heterocycles. The van der Waals surface area contributed by atoms with E-state index in [1.807, 2.05) is 30.3 Å². The van der Waals surface area contributed by atoms with Crippen molar-refractivity contribution in [2.24, 2.45) is 0 Å². The highest BCUT2D eigenvalue weighted by atomic mass is 35.5. The minimum Gasteiger partial charge on any atom is -0.457 e. The molecular formula is C16H11ClN2O2. The number of aromatic nitrogens is 2. The van der Waals surface area contributed by atoms with E-state index in [-0.39, 0.29) is 6.61 Å². The number of carbonyl (C=O) groups is 1. The second kappa shape index (κ2) is 5.89. The van der Waals surface area contributed by atoms with Gasteiger partial charge in [-0.1, -0.05) is 41.9 Å². The van der Waals surface area contributed by atoms with Crippen LogP contribution in [-0.4, -0.2) is 16.2 Å². The Morgan fingerprint density at radius 2 is 1.95 bits per heavy atom. The third kappa shape index (κ3) is 3.01. The Hall–Kier alpha value is -2.46. The Balaban J connectivity index is 1.80. The average Bonchev–Trinajstić information content (AvgIpc) is 2.54. The van der Waals surface area contributed by atoms with Crippen LogP contribution in [0.3, 0.4) is 0 Å². The third-order valence-corrected chi connectivity index (χ3v) is 3.34. The van der Waals surface area contributed by atoms with Crippen molar-refractivity contribution in [3.63, 3.8) is 0 Å². The summed E-state index contributed by atoms with van der Waals surface area (Å²) in [4.78, 5) is 12.1. The molecule has 1 heterocycles. The summed E-state index contributed by atoms with van der Waals surface area (Å²) in [6.07, 6.45) is 1.45. The van der Waals surface area contributed by atoms with Gasteiger partial charge in [-0.3, -0.25) is 0 Å². The zero-order chi connectivity index (χ0) is 14.7. The molecule has 0 bridgehead atoms. The van der Waals surface area contributed by atoms with Gasteiger partial charge in [0.25, 0.3) is 0 Å². The number of ether oxygens (including phenoxy) is 1. The van der Waals surface area contributed by atoms with Crippen molar-refractivity contribution in [2.45, 2.75) is 6.61 Å². The first-order chi connectivity index (χ1) is 10.2. The fourth-order valence-electron chi connectivity index (χ4n) is 1.96. The second-order valence-electron chi connectivity index (χ2n) is 4.49. The molecule has 21 heavy (non-hydrogen) atoms. The minimum atomic E-state index is -0.395. The standard InChI is InChI=1S/C16H11ClN2O2/c17-14-9-18-19-15-7-6-12(8-13(14)15)16(20)21-10-11-4-2-1-3-5-11/h1-9H,10H2. The number of halogens is 1. The van der Waals surface area contributed by atoms with Gasteiger partial charge in [-0.15, -0.1) is 0 Å². The topological polar surface area (TPSA) is 52.1 Å². The molecule has 0 radical (unpaired) electrons. The lowest BCUT2D eigenvalue weighted by Crippen LogP contribution is -2.05. The van der Waals surface area contributed by atoms with Gasteiger partial charge in [0.15, 0.2) is 0 Å². The van der Waals surface area contributed by atoms with Crippen molar-refractivity contribution in [1.29, 1.82) is 0 Å². The smallest absolute Gasteiger partial charge is 0.338 e. The van der Waals surface area contributed by atoms with E-state index in [4.69, 9.17) is 16.3 Å². The normalized spacial score (nSPS) is 10.5. The molecule has 0 saturated heterocycles. The average molecular weight is 299 g/mol. The summed E-state index contributed by atoms with van der Waals surface area (Å²) in [5, 5.41) is 8.85. The molecule has 2 aromatic carbocycles. The number of hydrogen-bond donors (Lipinski definition) is 0. The number of carbonyl (C=O) groups excluding carboxylic acids is 1. The second-order valence-corrected chi connectivity index (χ2v) is 4.89. The van der Waals surface area contributed by atoms with Gasteiger partial charge in [-0.25, -0.2) is 4.79 Å². The van der Waals surface area contributed by atoms with Crippen LogP contribution >= 0.6 is 11.6 Å². The van der Waals surface area contributed by atoms with Crippen molar-refractivity contribution < 1.29 is 9.53 Å². The molecule has 3 rings (SSSR count). The van der Waals surface area contributed by atoms with Crippen LogP contribution < -0.4 is 0 Å². The molecule has 0 unspecified atom stereocenters. The quantitative estimate of drug-likeness (QED) is 0.693. The molecule has 0 spiro atoms. The van der Waals surface area contributed by atoms with Crippen LogP contribution in [0.25, 0.3) is 10.9 Å². The highest BCUT2D eigenvalue weighted by Gasteiger charge is 2.10. The molecule has 0 N–H and O–H groups in total. The number of nitrogens with zero attached hydrogens (tertiary/aromatic N) is 2. The van der Waals surface area contributed by atoms with Gasteiger partial charge in [0.2, 0.25) is 0 Å². The molecule has 3 aromatic rings. The highest BCUT2D eigenvalue weighted by Crippen LogP contribution is 2.22. The van der Waals surface area contributed by atoms with E-state index in [9.17, 15) is 4.79 Å². The van der Waals surface area contributed by atoms with Crippen LogP contribution in [0.5, 0.6) is 0 Å². The molecule has 0 atom stereocenters. The van der Waals surface area contributed by atoms with Crippen molar-refractivity contribution in [2.75, 3.05) is 0 Å². The predicted molar refractivity (Wildman–Crippen MR) is 80.1 cm³/mol. The first-order valence-electron chi connectivity index (χ1n) is 6.36. The van der Waals surface area contributed by atoms with Crippen LogP contribution in [0, 0.1) is 0 Å². The zero-order valence-corrected chi connectivity index (χ0v) is 11.7. The Kier molecular flexibility index (Phi) is 3.79. The molecule has 0 aliphatic rings. The van der Waals surface area contributed by atoms with Gasteiger partial charge in [0, 0.05) is 5.39 Å². The van der Waals surface area contributed by atoms with Crippen LogP contribution in [0.1, 0.15) is 15.9 Å². The van der Waals surface area contributed by atoms with Crippen LogP contribution in [0.15, 0.2) is 54.7 Å². The van der Waals surface area contributed by atoms with Gasteiger partial charge < -0.3 is 4.74 Å². The number of rotatable bonds is 3. The minimum absolute atomic E-state index is 0.236. The Morgan fingerprint density at radius 1 is 1.14 bits per heavy atom. The summed E-state index contributed by atoms with van der Waals surface area (Å²) < 4.78 is 5.28. The molecule has 0 saturated carbocycles. The molecule has 4 nitrogen and oxygen atoms in total. The maximum Gasteiger partial charge on any atom is 0.338 e. The van der Waals surface area contributed by atoms with E-state index in [2.05, 4.69) is 10.2 Å². The molecule has 104 valence electrons. The van der Waals surface area contributed by atoms with Crippen molar-refractivity contribution >= 4 is 28.5 Å². The van der Waals surface area contributed by atoms with E-state index >= 15 is 0 Å². The predicted octanol–water partition coefficient (Wildman–Crippen LogP) is 3.64. The van der Waals surface area contributed by atoms with Gasteiger partial charge in [0.05, 0.1) is 22.3 Å². The van der Waals surface area contributed by atoms with E-state index < -0.39 is 5.97 Å². The Bertz CT molecular complexity index is 791. The van der Waals surface area contributed by atoms with Crippen LogP contribution in [0.4, 0.5) is 0 Å². The lowest BCUT2D eigenvalue weighted by molar-refractivity contribution is 0.0473. The highest BCUT2D eigenvalue weighted by molar-refractivity contribution is 6.35. The van der Waals surface area contributed by atoms with Crippen molar-refractivity contribution in [3.05, 3.63) is 70.9 Å². The lowest BCUT2D eigenvalue weighted by atomic mass is 10.1. The summed E-state index contributed by atoms with van der Waals surface area (Å²) in [7, 11) is 0. The molecular weight excluding hydrogens is 288 g/mol. The number of esters is 1. The van der Waals surface area contributed by atoms with Gasteiger partial charge >= 0.3 is 5.97 Å².